The van der Waals surface area contributed by atoms with Crippen LogP contribution in [0.4, 0.5) is 0 Å². The maximum absolute atomic E-state index is 12.3. The van der Waals surface area contributed by atoms with Crippen LogP contribution in [0.1, 0.15) is 43.0 Å². The summed E-state index contributed by atoms with van der Waals surface area (Å²) in [5.74, 6) is -1.05. The fourth-order valence-corrected chi connectivity index (χ4v) is 2.27. The molecule has 0 aliphatic heterocycles. The molecule has 0 saturated carbocycles. The summed E-state index contributed by atoms with van der Waals surface area (Å²) in [6.45, 7) is 7.25. The van der Waals surface area contributed by atoms with Gasteiger partial charge in [0, 0.05) is 0 Å². The van der Waals surface area contributed by atoms with Gasteiger partial charge in [0.15, 0.2) is 0 Å². The molecule has 4 heteroatoms. The zero-order chi connectivity index (χ0) is 16.4. The van der Waals surface area contributed by atoms with Crippen molar-refractivity contribution in [1.29, 1.82) is 0 Å². The van der Waals surface area contributed by atoms with Crippen LogP contribution in [0, 0.1) is 27.7 Å². The fraction of sp³-hybridized carbons (Fsp3) is 0.222. The van der Waals surface area contributed by atoms with Crippen molar-refractivity contribution in [3.05, 3.63) is 63.7 Å². The molecule has 0 aromatic heterocycles. The third-order valence-electron chi connectivity index (χ3n) is 4.00. The van der Waals surface area contributed by atoms with Gasteiger partial charge in [-0.05, 0) is 68.1 Å². The molecule has 0 heterocycles. The summed E-state index contributed by atoms with van der Waals surface area (Å²) in [5.41, 5.74) is 3.87. The van der Waals surface area contributed by atoms with E-state index < -0.39 is 11.9 Å². The Labute approximate surface area is 129 Å². The van der Waals surface area contributed by atoms with Crippen LogP contribution in [0.2, 0.25) is 0 Å². The van der Waals surface area contributed by atoms with E-state index in [1.807, 2.05) is 26.0 Å². The second-order valence-electron chi connectivity index (χ2n) is 5.30. The molecular weight excluding hydrogens is 280 g/mol. The Balaban J connectivity index is 2.35. The maximum atomic E-state index is 12.3. The predicted molar refractivity (Wildman–Crippen MR) is 83.7 cm³/mol. The fourth-order valence-electron chi connectivity index (χ4n) is 2.27. The Hall–Kier alpha value is -2.62. The quantitative estimate of drug-likeness (QED) is 0.691. The molecule has 0 atom stereocenters. The van der Waals surface area contributed by atoms with Crippen molar-refractivity contribution < 1.29 is 19.4 Å². The second kappa shape index (κ2) is 6.02. The number of esters is 1. The maximum Gasteiger partial charge on any atom is 0.343 e. The average Bonchev–Trinajstić information content (AvgIpc) is 2.46. The first-order chi connectivity index (χ1) is 10.3. The zero-order valence-corrected chi connectivity index (χ0v) is 13.1. The standard InChI is InChI=1S/C18H18O4/c1-10-6-5-7-15(11(10)2)18(21)22-16-9-8-14(17(19)20)12(3)13(16)4/h5-9H,1-4H3,(H,19,20). The Kier molecular flexibility index (Phi) is 4.31. The number of hydrogen-bond donors (Lipinski definition) is 1. The van der Waals surface area contributed by atoms with Crippen LogP contribution >= 0.6 is 0 Å². The molecule has 2 aromatic carbocycles. The summed E-state index contributed by atoms with van der Waals surface area (Å²) in [5, 5.41) is 9.10. The zero-order valence-electron chi connectivity index (χ0n) is 13.1. The molecule has 0 radical (unpaired) electrons. The lowest BCUT2D eigenvalue weighted by Crippen LogP contribution is -2.12. The first-order valence-electron chi connectivity index (χ1n) is 6.94. The number of carboxylic acid groups (broad SMARTS) is 1. The van der Waals surface area contributed by atoms with Crippen LogP contribution in [-0.2, 0) is 0 Å². The van der Waals surface area contributed by atoms with Gasteiger partial charge in [0.1, 0.15) is 5.75 Å². The first kappa shape index (κ1) is 15.8. The summed E-state index contributed by atoms with van der Waals surface area (Å²) >= 11 is 0. The van der Waals surface area contributed by atoms with Crippen LogP contribution in [0.3, 0.4) is 0 Å². The van der Waals surface area contributed by atoms with Gasteiger partial charge in [0.05, 0.1) is 11.1 Å². The normalized spacial score (nSPS) is 10.4. The molecule has 0 aliphatic rings. The molecule has 4 nitrogen and oxygen atoms in total. The van der Waals surface area contributed by atoms with Crippen molar-refractivity contribution in [2.45, 2.75) is 27.7 Å². The number of hydrogen-bond acceptors (Lipinski definition) is 3. The summed E-state index contributed by atoms with van der Waals surface area (Å²) in [6.07, 6.45) is 0. The van der Waals surface area contributed by atoms with Gasteiger partial charge in [-0.2, -0.15) is 0 Å². The van der Waals surface area contributed by atoms with E-state index in [-0.39, 0.29) is 5.56 Å². The van der Waals surface area contributed by atoms with Crippen LogP contribution < -0.4 is 4.74 Å². The van der Waals surface area contributed by atoms with Crippen LogP contribution in [-0.4, -0.2) is 17.0 Å². The van der Waals surface area contributed by atoms with Gasteiger partial charge in [-0.25, -0.2) is 9.59 Å². The highest BCUT2D eigenvalue weighted by Crippen LogP contribution is 2.26. The third kappa shape index (κ3) is 2.86. The highest BCUT2D eigenvalue weighted by molar-refractivity contribution is 5.94. The summed E-state index contributed by atoms with van der Waals surface area (Å²) in [4.78, 5) is 23.4. The van der Waals surface area contributed by atoms with Gasteiger partial charge in [-0.15, -0.1) is 0 Å². The monoisotopic (exact) mass is 298 g/mol. The molecule has 0 aliphatic carbocycles. The Morgan fingerprint density at radius 2 is 1.55 bits per heavy atom. The van der Waals surface area contributed by atoms with Gasteiger partial charge in [0.2, 0.25) is 0 Å². The predicted octanol–water partition coefficient (Wildman–Crippen LogP) is 3.84. The molecule has 0 amide bonds. The van der Waals surface area contributed by atoms with Crippen LogP contribution in [0.5, 0.6) is 5.75 Å². The van der Waals surface area contributed by atoms with E-state index in [9.17, 15) is 9.59 Å². The second-order valence-corrected chi connectivity index (χ2v) is 5.30. The number of ether oxygens (including phenoxy) is 1. The highest BCUT2D eigenvalue weighted by atomic mass is 16.5. The molecule has 0 bridgehead atoms. The van der Waals surface area contributed by atoms with Crippen molar-refractivity contribution in [2.75, 3.05) is 0 Å². The highest BCUT2D eigenvalue weighted by Gasteiger charge is 2.17. The van der Waals surface area contributed by atoms with Gasteiger partial charge >= 0.3 is 11.9 Å². The number of benzene rings is 2. The largest absolute Gasteiger partial charge is 0.478 e. The summed E-state index contributed by atoms with van der Waals surface area (Å²) < 4.78 is 5.45. The van der Waals surface area contributed by atoms with Crippen molar-refractivity contribution in [2.24, 2.45) is 0 Å². The molecule has 22 heavy (non-hydrogen) atoms. The molecule has 1 N–H and O–H groups in total. The molecule has 0 spiro atoms. The van der Waals surface area contributed by atoms with Gasteiger partial charge < -0.3 is 9.84 Å². The van der Waals surface area contributed by atoms with E-state index in [0.717, 1.165) is 11.1 Å². The number of rotatable bonds is 3. The van der Waals surface area contributed by atoms with E-state index in [1.165, 1.54) is 12.1 Å². The summed E-state index contributed by atoms with van der Waals surface area (Å²) in [6, 6.07) is 8.44. The van der Waals surface area contributed by atoms with Gasteiger partial charge in [-0.3, -0.25) is 0 Å². The molecule has 0 saturated heterocycles. The van der Waals surface area contributed by atoms with Crippen LogP contribution in [0.15, 0.2) is 30.3 Å². The molecule has 2 aromatic rings. The smallest absolute Gasteiger partial charge is 0.343 e. The van der Waals surface area contributed by atoms with E-state index in [2.05, 4.69) is 0 Å². The van der Waals surface area contributed by atoms with Crippen molar-refractivity contribution in [1.82, 2.24) is 0 Å². The minimum atomic E-state index is -0.993. The van der Waals surface area contributed by atoms with Gasteiger partial charge in [0.25, 0.3) is 0 Å². The molecule has 2 rings (SSSR count). The average molecular weight is 298 g/mol. The third-order valence-corrected chi connectivity index (χ3v) is 4.00. The minimum absolute atomic E-state index is 0.212. The Morgan fingerprint density at radius 1 is 0.864 bits per heavy atom. The minimum Gasteiger partial charge on any atom is -0.478 e. The number of carbonyl (C=O) groups is 2. The van der Waals surface area contributed by atoms with E-state index >= 15 is 0 Å². The molecular formula is C18H18O4. The number of carbonyl (C=O) groups excluding carboxylic acids is 1. The van der Waals surface area contributed by atoms with Gasteiger partial charge in [-0.1, -0.05) is 12.1 Å². The SMILES string of the molecule is Cc1cccc(C(=O)Oc2ccc(C(=O)O)c(C)c2C)c1C. The van der Waals surface area contributed by atoms with Crippen LogP contribution in [0.25, 0.3) is 0 Å². The lowest BCUT2D eigenvalue weighted by Gasteiger charge is -2.13. The lowest BCUT2D eigenvalue weighted by molar-refractivity contribution is 0.0695. The number of aromatic carboxylic acids is 1. The Morgan fingerprint density at radius 3 is 2.18 bits per heavy atom. The Bertz CT molecular complexity index is 760. The van der Waals surface area contributed by atoms with Crippen molar-refractivity contribution in [3.8, 4) is 5.75 Å². The molecule has 114 valence electrons. The van der Waals surface area contributed by atoms with E-state index in [0.29, 0.717) is 22.4 Å². The lowest BCUT2D eigenvalue weighted by atomic mass is 10.0. The van der Waals surface area contributed by atoms with Crippen molar-refractivity contribution >= 4 is 11.9 Å². The first-order valence-corrected chi connectivity index (χ1v) is 6.94. The topological polar surface area (TPSA) is 63.6 Å². The molecule has 0 unspecified atom stereocenters. The summed E-state index contributed by atoms with van der Waals surface area (Å²) in [7, 11) is 0. The molecule has 0 fully saturated rings. The van der Waals surface area contributed by atoms with Crippen molar-refractivity contribution in [3.63, 3.8) is 0 Å². The van der Waals surface area contributed by atoms with E-state index in [4.69, 9.17) is 9.84 Å². The van der Waals surface area contributed by atoms with E-state index in [1.54, 1.807) is 19.9 Å². The number of aryl methyl sites for hydroxylation is 1. The number of carboxylic acids is 1.